The molecular formula is C20H32N2O4. The molecule has 0 N–H and O–H groups in total. The van der Waals surface area contributed by atoms with E-state index in [1.165, 1.54) is 0 Å². The maximum atomic E-state index is 13.5. The Hall–Kier alpha value is -1.14. The van der Waals surface area contributed by atoms with E-state index in [2.05, 4.69) is 4.90 Å². The van der Waals surface area contributed by atoms with Crippen LogP contribution >= 0.6 is 0 Å². The zero-order valence-electron chi connectivity index (χ0n) is 15.8. The third-order valence-corrected chi connectivity index (χ3v) is 7.00. The Morgan fingerprint density at radius 2 is 1.58 bits per heavy atom. The van der Waals surface area contributed by atoms with Crippen molar-refractivity contribution < 1.29 is 19.1 Å². The molecule has 3 heterocycles. The van der Waals surface area contributed by atoms with Gasteiger partial charge in [0.15, 0.2) is 0 Å². The number of carbonyl (C=O) groups is 2. The summed E-state index contributed by atoms with van der Waals surface area (Å²) in [5.41, 5.74) is -0.293. The van der Waals surface area contributed by atoms with Gasteiger partial charge < -0.3 is 19.3 Å². The van der Waals surface area contributed by atoms with Gasteiger partial charge in [-0.2, -0.15) is 0 Å². The molecule has 6 heteroatoms. The smallest absolute Gasteiger partial charge is 0.229 e. The van der Waals surface area contributed by atoms with E-state index in [4.69, 9.17) is 9.47 Å². The Kier molecular flexibility index (Phi) is 5.24. The van der Waals surface area contributed by atoms with Gasteiger partial charge in [-0.15, -0.1) is 0 Å². The first-order valence-electron chi connectivity index (χ1n) is 10.4. The Labute approximate surface area is 156 Å². The maximum absolute atomic E-state index is 13.5. The van der Waals surface area contributed by atoms with Crippen LogP contribution in [0.15, 0.2) is 0 Å². The van der Waals surface area contributed by atoms with Gasteiger partial charge in [0.05, 0.1) is 25.2 Å². The molecule has 0 aromatic rings. The highest BCUT2D eigenvalue weighted by Gasteiger charge is 2.49. The van der Waals surface area contributed by atoms with E-state index in [0.29, 0.717) is 32.7 Å². The summed E-state index contributed by atoms with van der Waals surface area (Å²) in [6, 6.07) is 0. The first-order valence-corrected chi connectivity index (χ1v) is 10.4. The fourth-order valence-corrected chi connectivity index (χ4v) is 5.41. The van der Waals surface area contributed by atoms with E-state index in [9.17, 15) is 9.59 Å². The van der Waals surface area contributed by atoms with Gasteiger partial charge in [-0.1, -0.05) is 12.8 Å². The van der Waals surface area contributed by atoms with Crippen LogP contribution < -0.4 is 0 Å². The molecule has 2 amide bonds. The molecule has 4 rings (SSSR count). The second-order valence-corrected chi connectivity index (χ2v) is 8.79. The van der Waals surface area contributed by atoms with Crippen molar-refractivity contribution in [1.82, 2.24) is 9.80 Å². The van der Waals surface area contributed by atoms with Gasteiger partial charge in [0, 0.05) is 44.6 Å². The maximum Gasteiger partial charge on any atom is 0.229 e. The minimum atomic E-state index is -0.462. The average molecular weight is 364 g/mol. The number of morpholine rings is 1. The van der Waals surface area contributed by atoms with Crippen molar-refractivity contribution in [2.24, 2.45) is 10.8 Å². The van der Waals surface area contributed by atoms with Gasteiger partial charge in [-0.25, -0.2) is 0 Å². The minimum absolute atomic E-state index is 0.137. The van der Waals surface area contributed by atoms with Crippen molar-refractivity contribution in [1.29, 1.82) is 0 Å². The summed E-state index contributed by atoms with van der Waals surface area (Å²) in [7, 11) is 0. The number of nitrogens with zero attached hydrogens (tertiary/aromatic N) is 2. The largest absolute Gasteiger partial charge is 0.381 e. The first-order chi connectivity index (χ1) is 12.6. The van der Waals surface area contributed by atoms with Crippen LogP contribution in [0.1, 0.15) is 51.4 Å². The van der Waals surface area contributed by atoms with E-state index in [-0.39, 0.29) is 17.2 Å². The Morgan fingerprint density at radius 1 is 0.808 bits per heavy atom. The van der Waals surface area contributed by atoms with E-state index >= 15 is 0 Å². The van der Waals surface area contributed by atoms with E-state index in [1.54, 1.807) is 0 Å². The molecule has 3 aliphatic heterocycles. The molecule has 1 aliphatic carbocycles. The highest BCUT2D eigenvalue weighted by atomic mass is 16.5. The monoisotopic (exact) mass is 364 g/mol. The number of likely N-dealkylation sites (tertiary alicyclic amines) is 1. The molecule has 1 spiro atoms. The minimum Gasteiger partial charge on any atom is -0.381 e. The Morgan fingerprint density at radius 3 is 2.27 bits per heavy atom. The SMILES string of the molecule is O=C(CC1(C(=O)N2CCC3(CCCOC3)C2)CCCC1)N1CCOCC1. The van der Waals surface area contributed by atoms with Crippen molar-refractivity contribution in [2.45, 2.75) is 51.4 Å². The van der Waals surface area contributed by atoms with Gasteiger partial charge in [0.1, 0.15) is 0 Å². The lowest BCUT2D eigenvalue weighted by Gasteiger charge is -2.37. The zero-order chi connectivity index (χ0) is 18.0. The predicted molar refractivity (Wildman–Crippen MR) is 96.6 cm³/mol. The molecule has 0 bridgehead atoms. The summed E-state index contributed by atoms with van der Waals surface area (Å²) in [5, 5.41) is 0. The molecule has 6 nitrogen and oxygen atoms in total. The van der Waals surface area contributed by atoms with Crippen molar-refractivity contribution in [3.8, 4) is 0 Å². The lowest BCUT2D eigenvalue weighted by molar-refractivity contribution is -0.149. The number of rotatable bonds is 3. The molecule has 1 unspecified atom stereocenters. The van der Waals surface area contributed by atoms with Crippen LogP contribution in [0.4, 0.5) is 0 Å². The molecule has 4 aliphatic rings. The van der Waals surface area contributed by atoms with Gasteiger partial charge in [-0.05, 0) is 32.1 Å². The molecule has 0 aromatic carbocycles. The van der Waals surface area contributed by atoms with E-state index < -0.39 is 5.41 Å². The van der Waals surface area contributed by atoms with Gasteiger partial charge >= 0.3 is 0 Å². The molecule has 1 saturated carbocycles. The number of carbonyl (C=O) groups excluding carboxylic acids is 2. The van der Waals surface area contributed by atoms with Gasteiger partial charge in [0.25, 0.3) is 0 Å². The summed E-state index contributed by atoms with van der Waals surface area (Å²) in [4.78, 5) is 30.3. The van der Waals surface area contributed by atoms with Gasteiger partial charge in [0.2, 0.25) is 11.8 Å². The Balaban J connectivity index is 1.43. The highest BCUT2D eigenvalue weighted by molar-refractivity contribution is 5.89. The van der Waals surface area contributed by atoms with Crippen molar-refractivity contribution in [3.05, 3.63) is 0 Å². The molecule has 146 valence electrons. The number of hydrogen-bond donors (Lipinski definition) is 0. The highest BCUT2D eigenvalue weighted by Crippen LogP contribution is 2.46. The third kappa shape index (κ3) is 3.50. The number of ether oxygens (including phenoxy) is 2. The van der Waals surface area contributed by atoms with Crippen LogP contribution in [0, 0.1) is 10.8 Å². The van der Waals surface area contributed by atoms with Crippen molar-refractivity contribution in [3.63, 3.8) is 0 Å². The van der Waals surface area contributed by atoms with Crippen molar-refractivity contribution >= 4 is 11.8 Å². The molecule has 26 heavy (non-hydrogen) atoms. The standard InChI is InChI=1S/C20H32N2O4/c23-17(21-9-12-25-13-10-21)14-20(5-1-2-6-20)18(24)22-8-7-19(15-22)4-3-11-26-16-19/h1-16H2. The van der Waals surface area contributed by atoms with E-state index in [0.717, 1.165) is 71.2 Å². The second-order valence-electron chi connectivity index (χ2n) is 8.79. The second kappa shape index (κ2) is 7.47. The first kappa shape index (κ1) is 18.2. The lowest BCUT2D eigenvalue weighted by atomic mass is 9.80. The molecule has 4 fully saturated rings. The van der Waals surface area contributed by atoms with E-state index in [1.807, 2.05) is 4.90 Å². The van der Waals surface area contributed by atoms with Crippen LogP contribution in [0.5, 0.6) is 0 Å². The summed E-state index contributed by atoms with van der Waals surface area (Å²) < 4.78 is 11.1. The van der Waals surface area contributed by atoms with Crippen LogP contribution in [-0.4, -0.2) is 74.2 Å². The number of hydrogen-bond acceptors (Lipinski definition) is 4. The fourth-order valence-electron chi connectivity index (χ4n) is 5.41. The molecule has 0 aromatic heterocycles. The molecule has 1 atom stereocenters. The van der Waals surface area contributed by atoms with Crippen LogP contribution in [0.25, 0.3) is 0 Å². The van der Waals surface area contributed by atoms with Crippen molar-refractivity contribution in [2.75, 3.05) is 52.6 Å². The molecule has 0 radical (unpaired) electrons. The summed E-state index contributed by atoms with van der Waals surface area (Å²) in [5.74, 6) is 0.373. The average Bonchev–Trinajstić information content (AvgIpc) is 3.31. The topological polar surface area (TPSA) is 59.1 Å². The quantitative estimate of drug-likeness (QED) is 0.767. The van der Waals surface area contributed by atoms with Crippen LogP contribution in [0.3, 0.4) is 0 Å². The predicted octanol–water partition coefficient (Wildman–Crippen LogP) is 1.82. The summed E-state index contributed by atoms with van der Waals surface area (Å²) in [6.45, 7) is 5.84. The molecule has 3 saturated heterocycles. The lowest BCUT2D eigenvalue weighted by Crippen LogP contribution is -2.48. The summed E-state index contributed by atoms with van der Waals surface area (Å²) >= 11 is 0. The summed E-state index contributed by atoms with van der Waals surface area (Å²) in [6.07, 6.45) is 7.54. The fraction of sp³-hybridized carbons (Fsp3) is 0.900. The normalized spacial score (nSPS) is 31.5. The Bertz CT molecular complexity index is 532. The van der Waals surface area contributed by atoms with Crippen LogP contribution in [-0.2, 0) is 19.1 Å². The third-order valence-electron chi connectivity index (χ3n) is 7.00. The van der Waals surface area contributed by atoms with Gasteiger partial charge in [-0.3, -0.25) is 9.59 Å². The van der Waals surface area contributed by atoms with Crippen LogP contribution in [0.2, 0.25) is 0 Å². The zero-order valence-corrected chi connectivity index (χ0v) is 15.8. The number of amides is 2. The molecular weight excluding hydrogens is 332 g/mol.